The van der Waals surface area contributed by atoms with Gasteiger partial charge in [0.1, 0.15) is 5.82 Å². The number of benzene rings is 2. The molecule has 0 atom stereocenters. The Hall–Kier alpha value is -3.87. The highest BCUT2D eigenvalue weighted by atomic mass is 19.1. The number of rotatable bonds is 3. The van der Waals surface area contributed by atoms with Crippen LogP contribution in [0.3, 0.4) is 0 Å². The van der Waals surface area contributed by atoms with Crippen LogP contribution < -0.4 is 10.9 Å². The lowest BCUT2D eigenvalue weighted by Gasteiger charge is -2.10. The molecule has 2 heterocycles. The van der Waals surface area contributed by atoms with Gasteiger partial charge in [-0.3, -0.25) is 9.59 Å². The maximum absolute atomic E-state index is 14.0. The largest absolute Gasteiger partial charge is 0.322 e. The van der Waals surface area contributed by atoms with Gasteiger partial charge in [-0.15, -0.1) is 0 Å². The molecule has 7 heteroatoms. The van der Waals surface area contributed by atoms with Crippen molar-refractivity contribution >= 4 is 22.5 Å². The van der Waals surface area contributed by atoms with E-state index in [1.165, 1.54) is 30.5 Å². The fourth-order valence-corrected chi connectivity index (χ4v) is 2.98. The molecule has 2 N–H and O–H groups in total. The molecule has 1 amide bonds. The van der Waals surface area contributed by atoms with E-state index in [0.29, 0.717) is 16.5 Å². The first-order valence-corrected chi connectivity index (χ1v) is 8.36. The van der Waals surface area contributed by atoms with Crippen molar-refractivity contribution in [1.82, 2.24) is 9.97 Å². The molecule has 0 bridgehead atoms. The van der Waals surface area contributed by atoms with Crippen molar-refractivity contribution in [3.63, 3.8) is 0 Å². The minimum atomic E-state index is -0.635. The maximum atomic E-state index is 14.0. The van der Waals surface area contributed by atoms with Crippen LogP contribution in [0.2, 0.25) is 0 Å². The van der Waals surface area contributed by atoms with Crippen LogP contribution in [0.5, 0.6) is 0 Å². The number of fused-ring (bicyclic) bond motifs is 1. The molecule has 0 unspecified atom stereocenters. The Labute approximate surface area is 157 Å². The number of aromatic nitrogens is 2. The van der Waals surface area contributed by atoms with Crippen molar-refractivity contribution in [2.75, 3.05) is 5.32 Å². The Kier molecular flexibility index (Phi) is 4.41. The predicted octanol–water partition coefficient (Wildman–Crippen LogP) is 4.12. The number of anilines is 1. The number of carbonyl (C=O) groups excluding carboxylic acids is 1. The van der Waals surface area contributed by atoms with Gasteiger partial charge in [0.15, 0.2) is 0 Å². The number of hydrogen-bond donors (Lipinski definition) is 2. The zero-order valence-electron chi connectivity index (χ0n) is 14.4. The second kappa shape index (κ2) is 7.03. The van der Waals surface area contributed by atoms with Gasteiger partial charge in [-0.2, -0.15) is 4.39 Å². The summed E-state index contributed by atoms with van der Waals surface area (Å²) in [6.07, 6.45) is 1.34. The third kappa shape index (κ3) is 3.37. The molecule has 0 aliphatic rings. The number of amides is 1. The summed E-state index contributed by atoms with van der Waals surface area (Å²) in [6.45, 7) is 0. The van der Waals surface area contributed by atoms with Crippen molar-refractivity contribution < 1.29 is 13.6 Å². The highest BCUT2D eigenvalue weighted by Gasteiger charge is 2.14. The molecule has 5 nitrogen and oxygen atoms in total. The molecule has 0 aliphatic carbocycles. The van der Waals surface area contributed by atoms with Crippen LogP contribution in [0.25, 0.3) is 22.0 Å². The van der Waals surface area contributed by atoms with Crippen LogP contribution in [-0.2, 0) is 0 Å². The number of aromatic amines is 1. The molecule has 28 heavy (non-hydrogen) atoms. The van der Waals surface area contributed by atoms with E-state index >= 15 is 0 Å². The first-order valence-electron chi connectivity index (χ1n) is 8.36. The number of hydrogen-bond acceptors (Lipinski definition) is 3. The van der Waals surface area contributed by atoms with Crippen molar-refractivity contribution in [3.8, 4) is 11.1 Å². The predicted molar refractivity (Wildman–Crippen MR) is 102 cm³/mol. The molecule has 0 spiro atoms. The zero-order chi connectivity index (χ0) is 19.7. The van der Waals surface area contributed by atoms with Gasteiger partial charge in [0.05, 0.1) is 5.56 Å². The average Bonchev–Trinajstić information content (AvgIpc) is 2.67. The molecule has 2 aromatic heterocycles. The molecule has 0 saturated carbocycles. The summed E-state index contributed by atoms with van der Waals surface area (Å²) in [4.78, 5) is 31.0. The van der Waals surface area contributed by atoms with Crippen LogP contribution in [0.15, 0.2) is 71.7 Å². The van der Waals surface area contributed by atoms with E-state index in [0.717, 1.165) is 0 Å². The summed E-state index contributed by atoms with van der Waals surface area (Å²) in [5.74, 6) is -1.68. The summed E-state index contributed by atoms with van der Waals surface area (Å²) in [5, 5.41) is 3.05. The van der Waals surface area contributed by atoms with Gasteiger partial charge in [-0.25, -0.2) is 9.37 Å². The average molecular weight is 377 g/mol. The number of H-pyrrole nitrogens is 1. The summed E-state index contributed by atoms with van der Waals surface area (Å²) in [6, 6.07) is 14.6. The lowest BCUT2D eigenvalue weighted by Crippen LogP contribution is -2.17. The minimum absolute atomic E-state index is 0.126. The van der Waals surface area contributed by atoms with Gasteiger partial charge in [-0.1, -0.05) is 18.2 Å². The Morgan fingerprint density at radius 3 is 2.64 bits per heavy atom. The molecule has 138 valence electrons. The van der Waals surface area contributed by atoms with E-state index in [-0.39, 0.29) is 16.8 Å². The van der Waals surface area contributed by atoms with E-state index in [9.17, 15) is 18.4 Å². The van der Waals surface area contributed by atoms with Crippen LogP contribution in [-0.4, -0.2) is 15.9 Å². The molecule has 4 rings (SSSR count). The van der Waals surface area contributed by atoms with Crippen molar-refractivity contribution in [2.24, 2.45) is 0 Å². The van der Waals surface area contributed by atoms with Gasteiger partial charge >= 0.3 is 0 Å². The van der Waals surface area contributed by atoms with Crippen molar-refractivity contribution in [2.45, 2.75) is 0 Å². The minimum Gasteiger partial charge on any atom is -0.322 e. The normalized spacial score (nSPS) is 10.8. The SMILES string of the molecule is O=C(Nc1cccc(F)c1)c1cc(=O)[nH]c2cc(-c3cccnc3F)ccc12. The van der Waals surface area contributed by atoms with Crippen LogP contribution in [0, 0.1) is 11.8 Å². The number of nitrogens with one attached hydrogen (secondary N) is 2. The Morgan fingerprint density at radius 2 is 1.86 bits per heavy atom. The molecule has 0 radical (unpaired) electrons. The first kappa shape index (κ1) is 17.5. The smallest absolute Gasteiger partial charge is 0.256 e. The highest BCUT2D eigenvalue weighted by Crippen LogP contribution is 2.26. The van der Waals surface area contributed by atoms with Crippen LogP contribution >= 0.6 is 0 Å². The number of nitrogens with zero attached hydrogens (tertiary/aromatic N) is 1. The lowest BCUT2D eigenvalue weighted by atomic mass is 10.0. The number of carbonyl (C=O) groups is 1. The highest BCUT2D eigenvalue weighted by molar-refractivity contribution is 6.12. The fraction of sp³-hybridized carbons (Fsp3) is 0. The molecular weight excluding hydrogens is 364 g/mol. The van der Waals surface area contributed by atoms with Crippen molar-refractivity contribution in [3.05, 3.63) is 94.5 Å². The van der Waals surface area contributed by atoms with E-state index in [1.54, 1.807) is 36.4 Å². The quantitative estimate of drug-likeness (QED) is 0.528. The molecule has 4 aromatic rings. The Morgan fingerprint density at radius 1 is 1.00 bits per heavy atom. The first-order chi connectivity index (χ1) is 13.5. The molecule has 0 saturated heterocycles. The topological polar surface area (TPSA) is 74.8 Å². The Balaban J connectivity index is 1.78. The third-order valence-corrected chi connectivity index (χ3v) is 4.24. The maximum Gasteiger partial charge on any atom is 0.256 e. The standard InChI is InChI=1S/C21H13F2N3O2/c22-13-3-1-4-14(10-13)25-21(28)17-11-19(27)26-18-9-12(6-7-16(17)18)15-5-2-8-24-20(15)23/h1-11H,(H,25,28)(H,26,27). The fourth-order valence-electron chi connectivity index (χ4n) is 2.98. The summed E-state index contributed by atoms with van der Waals surface area (Å²) in [5.41, 5.74) is 1.07. The summed E-state index contributed by atoms with van der Waals surface area (Å²) >= 11 is 0. The van der Waals surface area contributed by atoms with Gasteiger partial charge in [0, 0.05) is 34.4 Å². The summed E-state index contributed by atoms with van der Waals surface area (Å²) < 4.78 is 27.3. The van der Waals surface area contributed by atoms with E-state index in [1.807, 2.05) is 0 Å². The van der Waals surface area contributed by atoms with E-state index < -0.39 is 23.2 Å². The monoisotopic (exact) mass is 377 g/mol. The van der Waals surface area contributed by atoms with Gasteiger partial charge in [0.2, 0.25) is 11.5 Å². The van der Waals surface area contributed by atoms with E-state index in [4.69, 9.17) is 0 Å². The van der Waals surface area contributed by atoms with Crippen LogP contribution in [0.4, 0.5) is 14.5 Å². The number of pyridine rings is 2. The van der Waals surface area contributed by atoms with Gasteiger partial charge < -0.3 is 10.3 Å². The second-order valence-electron chi connectivity index (χ2n) is 6.11. The molecule has 0 aliphatic heterocycles. The van der Waals surface area contributed by atoms with Crippen LogP contribution in [0.1, 0.15) is 10.4 Å². The summed E-state index contributed by atoms with van der Waals surface area (Å²) in [7, 11) is 0. The van der Waals surface area contributed by atoms with Gasteiger partial charge in [-0.05, 0) is 42.0 Å². The molecular formula is C21H13F2N3O2. The van der Waals surface area contributed by atoms with Gasteiger partial charge in [0.25, 0.3) is 5.91 Å². The van der Waals surface area contributed by atoms with E-state index in [2.05, 4.69) is 15.3 Å². The zero-order valence-corrected chi connectivity index (χ0v) is 14.4. The Bertz CT molecular complexity index is 1270. The van der Waals surface area contributed by atoms with Crippen molar-refractivity contribution in [1.29, 1.82) is 0 Å². The lowest BCUT2D eigenvalue weighted by molar-refractivity contribution is 0.102. The number of halogens is 2. The molecule has 2 aromatic carbocycles. The second-order valence-corrected chi connectivity index (χ2v) is 6.11. The third-order valence-electron chi connectivity index (χ3n) is 4.24. The molecule has 0 fully saturated rings.